The monoisotopic (exact) mass is 540 g/mol. The summed E-state index contributed by atoms with van der Waals surface area (Å²) in [5, 5.41) is 13.7. The maximum absolute atomic E-state index is 13.4. The molecule has 0 aliphatic rings. The predicted molar refractivity (Wildman–Crippen MR) is 154 cm³/mol. The van der Waals surface area contributed by atoms with E-state index < -0.39 is 17.7 Å². The molecule has 0 aliphatic heterocycles. The first-order valence-electron chi connectivity index (χ1n) is 12.5. The first-order chi connectivity index (χ1) is 18.9. The zero-order valence-electron chi connectivity index (χ0n) is 21.2. The summed E-state index contributed by atoms with van der Waals surface area (Å²) in [5.74, 6) is -0.719. The molecular formula is C31H29ClN4O3. The zero-order valence-corrected chi connectivity index (χ0v) is 21.9. The second kappa shape index (κ2) is 13.3. The zero-order chi connectivity index (χ0) is 27.6. The van der Waals surface area contributed by atoms with Crippen molar-refractivity contribution in [1.82, 2.24) is 5.32 Å². The molecule has 0 bridgehead atoms. The van der Waals surface area contributed by atoms with Gasteiger partial charge >= 0.3 is 0 Å². The summed E-state index contributed by atoms with van der Waals surface area (Å²) in [7, 11) is 0. The molecule has 0 heterocycles. The lowest BCUT2D eigenvalue weighted by Gasteiger charge is -2.18. The highest BCUT2D eigenvalue weighted by atomic mass is 35.5. The van der Waals surface area contributed by atoms with Gasteiger partial charge in [0.2, 0.25) is 11.8 Å². The number of benzene rings is 4. The summed E-state index contributed by atoms with van der Waals surface area (Å²) >= 11 is 6.47. The number of nitrogens with one attached hydrogen (secondary N) is 3. The van der Waals surface area contributed by atoms with Gasteiger partial charge in [-0.3, -0.25) is 15.0 Å². The highest BCUT2D eigenvalue weighted by molar-refractivity contribution is 6.31. The first kappa shape index (κ1) is 27.4. The van der Waals surface area contributed by atoms with E-state index >= 15 is 0 Å². The van der Waals surface area contributed by atoms with Crippen LogP contribution in [0, 0.1) is 11.3 Å². The van der Waals surface area contributed by atoms with Gasteiger partial charge < -0.3 is 21.1 Å². The van der Waals surface area contributed by atoms with Crippen molar-refractivity contribution in [1.29, 1.82) is 5.41 Å². The summed E-state index contributed by atoms with van der Waals surface area (Å²) in [6.07, 6.45) is 0.854. The Kier molecular flexibility index (Phi) is 9.32. The van der Waals surface area contributed by atoms with Crippen LogP contribution in [0.15, 0.2) is 103 Å². The van der Waals surface area contributed by atoms with Crippen LogP contribution in [-0.4, -0.2) is 17.6 Å². The molecule has 0 aromatic heterocycles. The SMILES string of the molecule is N=C(N)c1ccc(NC(=O)C(CCc2ccccc2)C(=O)NCc2c(Cl)cccc2Oc2ccccc2)cc1. The van der Waals surface area contributed by atoms with Gasteiger partial charge in [-0.2, -0.15) is 0 Å². The normalized spacial score (nSPS) is 11.3. The highest BCUT2D eigenvalue weighted by Crippen LogP contribution is 2.30. The third kappa shape index (κ3) is 7.69. The number of nitrogen functional groups attached to an aromatic ring is 1. The highest BCUT2D eigenvalue weighted by Gasteiger charge is 2.27. The molecule has 4 aromatic carbocycles. The van der Waals surface area contributed by atoms with Gasteiger partial charge in [0.25, 0.3) is 0 Å². The van der Waals surface area contributed by atoms with Gasteiger partial charge in [-0.15, -0.1) is 0 Å². The first-order valence-corrected chi connectivity index (χ1v) is 12.9. The number of hydrogen-bond donors (Lipinski definition) is 4. The van der Waals surface area contributed by atoms with E-state index in [1.807, 2.05) is 60.7 Å². The van der Waals surface area contributed by atoms with Crippen molar-refractivity contribution in [2.75, 3.05) is 5.32 Å². The molecule has 4 rings (SSSR count). The number of carbonyl (C=O) groups is 2. The number of para-hydroxylation sites is 1. The molecule has 0 saturated heterocycles. The Morgan fingerprint density at radius 3 is 2.18 bits per heavy atom. The number of nitrogens with two attached hydrogens (primary N) is 1. The molecule has 4 aromatic rings. The van der Waals surface area contributed by atoms with Gasteiger partial charge in [-0.1, -0.05) is 66.2 Å². The van der Waals surface area contributed by atoms with Gasteiger partial charge in [0.05, 0.1) is 0 Å². The summed E-state index contributed by atoms with van der Waals surface area (Å²) in [5.41, 5.74) is 8.20. The van der Waals surface area contributed by atoms with Crippen molar-refractivity contribution in [3.05, 3.63) is 125 Å². The summed E-state index contributed by atoms with van der Waals surface area (Å²) in [4.78, 5) is 26.7. The number of rotatable bonds is 11. The summed E-state index contributed by atoms with van der Waals surface area (Å²) in [6, 6.07) is 30.8. The molecule has 198 valence electrons. The molecule has 0 spiro atoms. The molecular weight excluding hydrogens is 512 g/mol. The number of halogens is 1. The van der Waals surface area contributed by atoms with Crippen LogP contribution in [0.25, 0.3) is 0 Å². The fourth-order valence-electron chi connectivity index (χ4n) is 4.02. The maximum atomic E-state index is 13.4. The quantitative estimate of drug-likeness (QED) is 0.107. The van der Waals surface area contributed by atoms with Gasteiger partial charge in [0.15, 0.2) is 0 Å². The molecule has 2 amide bonds. The molecule has 39 heavy (non-hydrogen) atoms. The van der Waals surface area contributed by atoms with Crippen LogP contribution < -0.4 is 21.1 Å². The van der Waals surface area contributed by atoms with Crippen molar-refractivity contribution in [2.24, 2.45) is 11.7 Å². The molecule has 5 N–H and O–H groups in total. The van der Waals surface area contributed by atoms with Crippen LogP contribution in [-0.2, 0) is 22.6 Å². The number of ether oxygens (including phenoxy) is 1. The third-order valence-corrected chi connectivity index (χ3v) is 6.50. The summed E-state index contributed by atoms with van der Waals surface area (Å²) in [6.45, 7) is 0.0864. The van der Waals surface area contributed by atoms with Crippen LogP contribution >= 0.6 is 11.6 Å². The standard InChI is InChI=1S/C31H29ClN4O3/c32-27-12-7-13-28(39-24-10-5-2-6-11-24)26(27)20-35-30(37)25(19-14-21-8-3-1-4-9-21)31(38)36-23-17-15-22(16-18-23)29(33)34/h1-13,15-18,25H,14,19-20H2,(H3,33,34)(H,35,37)(H,36,38). The Bertz CT molecular complexity index is 1430. The molecule has 0 fully saturated rings. The van der Waals surface area contributed by atoms with Gasteiger partial charge in [-0.25, -0.2) is 0 Å². The van der Waals surface area contributed by atoms with Gasteiger partial charge in [0.1, 0.15) is 23.3 Å². The Morgan fingerprint density at radius 2 is 1.51 bits per heavy atom. The number of hydrogen-bond acceptors (Lipinski definition) is 4. The number of aryl methyl sites for hydroxylation is 1. The lowest BCUT2D eigenvalue weighted by atomic mass is 9.97. The van der Waals surface area contributed by atoms with Crippen LogP contribution in [0.5, 0.6) is 11.5 Å². The van der Waals surface area contributed by atoms with E-state index in [-0.39, 0.29) is 12.4 Å². The second-order valence-corrected chi connectivity index (χ2v) is 9.31. The lowest BCUT2D eigenvalue weighted by Crippen LogP contribution is -2.38. The van der Waals surface area contributed by atoms with Crippen molar-refractivity contribution in [3.8, 4) is 11.5 Å². The van der Waals surface area contributed by atoms with E-state index in [9.17, 15) is 9.59 Å². The Morgan fingerprint density at radius 1 is 0.846 bits per heavy atom. The Balaban J connectivity index is 1.49. The minimum atomic E-state index is -0.960. The van der Waals surface area contributed by atoms with E-state index in [1.54, 1.807) is 42.5 Å². The minimum absolute atomic E-state index is 0.0665. The Labute approximate surface area is 232 Å². The number of amides is 2. The number of amidine groups is 1. The average Bonchev–Trinajstić information content (AvgIpc) is 2.94. The van der Waals surface area contributed by atoms with E-state index in [0.717, 1.165) is 5.56 Å². The van der Waals surface area contributed by atoms with E-state index in [2.05, 4.69) is 10.6 Å². The number of carbonyl (C=O) groups excluding carboxylic acids is 2. The summed E-state index contributed by atoms with van der Waals surface area (Å²) < 4.78 is 6.00. The minimum Gasteiger partial charge on any atom is -0.457 e. The molecule has 7 nitrogen and oxygen atoms in total. The molecule has 1 unspecified atom stereocenters. The van der Waals surface area contributed by atoms with E-state index in [0.29, 0.717) is 46.2 Å². The smallest absolute Gasteiger partial charge is 0.236 e. The molecule has 0 saturated carbocycles. The van der Waals surface area contributed by atoms with Crippen molar-refractivity contribution < 1.29 is 14.3 Å². The van der Waals surface area contributed by atoms with Gasteiger partial charge in [-0.05, 0) is 66.9 Å². The number of anilines is 1. The lowest BCUT2D eigenvalue weighted by molar-refractivity contribution is -0.132. The van der Waals surface area contributed by atoms with Crippen LogP contribution in [0.4, 0.5) is 5.69 Å². The van der Waals surface area contributed by atoms with Crippen LogP contribution in [0.1, 0.15) is 23.1 Å². The second-order valence-electron chi connectivity index (χ2n) is 8.91. The fraction of sp³-hybridized carbons (Fsp3) is 0.129. The predicted octanol–water partition coefficient (Wildman–Crippen LogP) is 5.92. The van der Waals surface area contributed by atoms with Gasteiger partial charge in [0, 0.05) is 28.4 Å². The third-order valence-electron chi connectivity index (χ3n) is 6.15. The molecule has 1 atom stereocenters. The van der Waals surface area contributed by atoms with E-state index in [4.69, 9.17) is 27.5 Å². The van der Waals surface area contributed by atoms with E-state index in [1.165, 1.54) is 0 Å². The van der Waals surface area contributed by atoms with Crippen molar-refractivity contribution in [2.45, 2.75) is 19.4 Å². The van der Waals surface area contributed by atoms with Crippen molar-refractivity contribution in [3.63, 3.8) is 0 Å². The Hall–Kier alpha value is -4.62. The molecule has 8 heteroatoms. The average molecular weight is 541 g/mol. The molecule has 0 aliphatic carbocycles. The largest absolute Gasteiger partial charge is 0.457 e. The topological polar surface area (TPSA) is 117 Å². The van der Waals surface area contributed by atoms with Crippen LogP contribution in [0.2, 0.25) is 5.02 Å². The van der Waals surface area contributed by atoms with Crippen molar-refractivity contribution >= 4 is 34.9 Å². The maximum Gasteiger partial charge on any atom is 0.236 e. The fourth-order valence-corrected chi connectivity index (χ4v) is 4.25. The molecule has 0 radical (unpaired) electrons. The van der Waals surface area contributed by atoms with Crippen LogP contribution in [0.3, 0.4) is 0 Å².